The van der Waals surface area contributed by atoms with Crippen molar-refractivity contribution in [2.75, 3.05) is 12.4 Å². The number of carbonyl (C=O) groups is 1. The van der Waals surface area contributed by atoms with Crippen LogP contribution in [0.25, 0.3) is 0 Å². The van der Waals surface area contributed by atoms with E-state index >= 15 is 0 Å². The molecule has 0 amide bonds. The molecule has 0 aromatic carbocycles. The summed E-state index contributed by atoms with van der Waals surface area (Å²) in [7, 11) is 0. The Balaban J connectivity index is 2.38. The largest absolute Gasteiger partial charge is 0.478 e. The highest BCUT2D eigenvalue weighted by Crippen LogP contribution is 2.39. The van der Waals surface area contributed by atoms with Gasteiger partial charge in [-0.2, -0.15) is 0 Å². The minimum atomic E-state index is -1.05. The summed E-state index contributed by atoms with van der Waals surface area (Å²) in [4.78, 5) is 19.6. The average molecular weight is 256 g/mol. The summed E-state index contributed by atoms with van der Waals surface area (Å²) in [6.45, 7) is 1.17. The van der Waals surface area contributed by atoms with Gasteiger partial charge < -0.3 is 5.11 Å². The van der Waals surface area contributed by atoms with Gasteiger partial charge in [-0.05, 0) is 19.8 Å². The van der Waals surface area contributed by atoms with E-state index in [2.05, 4.69) is 9.97 Å². The van der Waals surface area contributed by atoms with Gasteiger partial charge in [0, 0.05) is 11.7 Å². The summed E-state index contributed by atoms with van der Waals surface area (Å²) in [5, 5.41) is 9.50. The standard InChI is InChI=1S/C11H13FN2O2S/c1-6-8(11(15)16)10(17-5-4-12)14-9(13-6)7-2-3-7/h7H,2-5H2,1H3,(H,15,16). The zero-order valence-corrected chi connectivity index (χ0v) is 10.3. The third-order valence-electron chi connectivity index (χ3n) is 2.55. The Bertz CT molecular complexity index is 449. The number of hydrogen-bond donors (Lipinski definition) is 1. The van der Waals surface area contributed by atoms with Crippen LogP contribution in [-0.2, 0) is 0 Å². The number of aryl methyl sites for hydroxylation is 1. The molecule has 0 spiro atoms. The lowest BCUT2D eigenvalue weighted by Crippen LogP contribution is -2.09. The Morgan fingerprint density at radius 3 is 2.76 bits per heavy atom. The monoisotopic (exact) mass is 256 g/mol. The first-order valence-corrected chi connectivity index (χ1v) is 6.42. The van der Waals surface area contributed by atoms with Gasteiger partial charge in [0.25, 0.3) is 0 Å². The molecule has 1 fully saturated rings. The molecule has 2 rings (SSSR count). The highest BCUT2D eigenvalue weighted by atomic mass is 32.2. The van der Waals surface area contributed by atoms with Crippen molar-refractivity contribution in [3.05, 3.63) is 17.1 Å². The maximum Gasteiger partial charge on any atom is 0.340 e. The Morgan fingerprint density at radius 2 is 2.24 bits per heavy atom. The van der Waals surface area contributed by atoms with Gasteiger partial charge in [-0.25, -0.2) is 14.8 Å². The predicted octanol–water partition coefficient (Wildman–Crippen LogP) is 2.42. The summed E-state index contributed by atoms with van der Waals surface area (Å²) in [5.74, 6) is 0.238. The second-order valence-corrected chi connectivity index (χ2v) is 5.05. The summed E-state index contributed by atoms with van der Waals surface area (Å²) >= 11 is 1.14. The van der Waals surface area contributed by atoms with Crippen LogP contribution >= 0.6 is 11.8 Å². The van der Waals surface area contributed by atoms with Crippen LogP contribution in [0.1, 0.15) is 40.6 Å². The minimum Gasteiger partial charge on any atom is -0.478 e. The maximum atomic E-state index is 12.2. The van der Waals surface area contributed by atoms with Crippen LogP contribution in [0.2, 0.25) is 0 Å². The van der Waals surface area contributed by atoms with Gasteiger partial charge in [-0.3, -0.25) is 4.39 Å². The topological polar surface area (TPSA) is 63.1 Å². The van der Waals surface area contributed by atoms with Crippen molar-refractivity contribution >= 4 is 17.7 Å². The van der Waals surface area contributed by atoms with E-state index < -0.39 is 12.6 Å². The number of alkyl halides is 1. The molecule has 1 aromatic rings. The van der Waals surface area contributed by atoms with E-state index in [-0.39, 0.29) is 11.3 Å². The molecule has 1 N–H and O–H groups in total. The van der Waals surface area contributed by atoms with Crippen LogP contribution in [0.5, 0.6) is 0 Å². The third kappa shape index (κ3) is 2.74. The Hall–Kier alpha value is -1.17. The molecular formula is C11H13FN2O2S. The Morgan fingerprint density at radius 1 is 1.53 bits per heavy atom. The predicted molar refractivity (Wildman–Crippen MR) is 62.4 cm³/mol. The fraction of sp³-hybridized carbons (Fsp3) is 0.545. The van der Waals surface area contributed by atoms with E-state index in [1.807, 2.05) is 0 Å². The molecule has 0 unspecified atom stereocenters. The van der Waals surface area contributed by atoms with Gasteiger partial charge in [-0.1, -0.05) is 0 Å². The van der Waals surface area contributed by atoms with Gasteiger partial charge in [0.15, 0.2) is 0 Å². The first-order chi connectivity index (χ1) is 8.13. The second-order valence-electron chi connectivity index (χ2n) is 3.96. The van der Waals surface area contributed by atoms with Crippen molar-refractivity contribution in [3.8, 4) is 0 Å². The molecule has 92 valence electrons. The van der Waals surface area contributed by atoms with Crippen LogP contribution in [-0.4, -0.2) is 33.5 Å². The average Bonchev–Trinajstić information content (AvgIpc) is 3.08. The van der Waals surface area contributed by atoms with Crippen molar-refractivity contribution in [2.45, 2.75) is 30.7 Å². The van der Waals surface area contributed by atoms with Crippen LogP contribution in [0, 0.1) is 6.92 Å². The lowest BCUT2D eigenvalue weighted by molar-refractivity contribution is 0.0690. The van der Waals surface area contributed by atoms with Gasteiger partial charge in [-0.15, -0.1) is 11.8 Å². The second kappa shape index (κ2) is 5.00. The Labute approximate surface area is 103 Å². The normalized spacial score (nSPS) is 14.9. The molecule has 1 saturated carbocycles. The van der Waals surface area contributed by atoms with E-state index in [1.165, 1.54) is 0 Å². The fourth-order valence-electron chi connectivity index (χ4n) is 1.58. The van der Waals surface area contributed by atoms with E-state index in [1.54, 1.807) is 6.92 Å². The first kappa shape index (κ1) is 12.3. The summed E-state index contributed by atoms with van der Waals surface area (Å²) in [5.41, 5.74) is 0.573. The van der Waals surface area contributed by atoms with Crippen LogP contribution in [0.3, 0.4) is 0 Å². The highest BCUT2D eigenvalue weighted by molar-refractivity contribution is 7.99. The number of rotatable bonds is 5. The summed E-state index contributed by atoms with van der Waals surface area (Å²) in [6, 6.07) is 0. The zero-order valence-electron chi connectivity index (χ0n) is 9.44. The third-order valence-corrected chi connectivity index (χ3v) is 3.47. The quantitative estimate of drug-likeness (QED) is 0.647. The SMILES string of the molecule is Cc1nc(C2CC2)nc(SCCF)c1C(=O)O. The van der Waals surface area contributed by atoms with E-state index in [0.717, 1.165) is 24.6 Å². The summed E-state index contributed by atoms with van der Waals surface area (Å²) in [6.07, 6.45) is 2.11. The highest BCUT2D eigenvalue weighted by Gasteiger charge is 2.29. The van der Waals surface area contributed by atoms with Gasteiger partial charge >= 0.3 is 5.97 Å². The van der Waals surface area contributed by atoms with Gasteiger partial charge in [0.1, 0.15) is 16.4 Å². The molecular weight excluding hydrogens is 243 g/mol. The first-order valence-electron chi connectivity index (χ1n) is 5.44. The van der Waals surface area contributed by atoms with E-state index in [0.29, 0.717) is 22.5 Å². The smallest absolute Gasteiger partial charge is 0.340 e. The molecule has 1 aliphatic carbocycles. The Kier molecular flexibility index (Phi) is 3.61. The number of carboxylic acids is 1. The zero-order chi connectivity index (χ0) is 12.4. The minimum absolute atomic E-state index is 0.104. The fourth-order valence-corrected chi connectivity index (χ4v) is 2.39. The number of nitrogens with zero attached hydrogens (tertiary/aromatic N) is 2. The van der Waals surface area contributed by atoms with Crippen molar-refractivity contribution in [3.63, 3.8) is 0 Å². The lowest BCUT2D eigenvalue weighted by Gasteiger charge is -2.08. The molecule has 1 heterocycles. The van der Waals surface area contributed by atoms with E-state index in [9.17, 15) is 9.18 Å². The van der Waals surface area contributed by atoms with Crippen molar-refractivity contribution in [1.29, 1.82) is 0 Å². The maximum absolute atomic E-state index is 12.2. The number of aromatic nitrogens is 2. The number of carboxylic acid groups (broad SMARTS) is 1. The van der Waals surface area contributed by atoms with Crippen molar-refractivity contribution in [2.24, 2.45) is 0 Å². The van der Waals surface area contributed by atoms with E-state index in [4.69, 9.17) is 5.11 Å². The van der Waals surface area contributed by atoms with Gasteiger partial charge in [0.2, 0.25) is 0 Å². The number of halogens is 1. The molecule has 1 aromatic heterocycles. The molecule has 0 radical (unpaired) electrons. The van der Waals surface area contributed by atoms with Crippen molar-refractivity contribution < 1.29 is 14.3 Å². The molecule has 0 atom stereocenters. The molecule has 1 aliphatic rings. The van der Waals surface area contributed by atoms with Crippen LogP contribution < -0.4 is 0 Å². The molecule has 6 heteroatoms. The van der Waals surface area contributed by atoms with Crippen LogP contribution in [0.15, 0.2) is 5.03 Å². The molecule has 0 bridgehead atoms. The van der Waals surface area contributed by atoms with Gasteiger partial charge in [0.05, 0.1) is 12.4 Å². The van der Waals surface area contributed by atoms with Crippen molar-refractivity contribution in [1.82, 2.24) is 9.97 Å². The molecule has 0 saturated heterocycles. The lowest BCUT2D eigenvalue weighted by atomic mass is 10.2. The summed E-state index contributed by atoms with van der Waals surface area (Å²) < 4.78 is 12.2. The molecule has 17 heavy (non-hydrogen) atoms. The number of thioether (sulfide) groups is 1. The number of aromatic carboxylic acids is 1. The molecule has 4 nitrogen and oxygen atoms in total. The van der Waals surface area contributed by atoms with Crippen LogP contribution in [0.4, 0.5) is 4.39 Å². The molecule has 0 aliphatic heterocycles. The number of hydrogen-bond acceptors (Lipinski definition) is 4.